The Balaban J connectivity index is 2.32. The summed E-state index contributed by atoms with van der Waals surface area (Å²) in [6.07, 6.45) is 0. The third-order valence-electron chi connectivity index (χ3n) is 2.82. The lowest BCUT2D eigenvalue weighted by Gasteiger charge is -2.07. The van der Waals surface area contributed by atoms with Crippen molar-refractivity contribution in [2.24, 2.45) is 0 Å². The zero-order chi connectivity index (χ0) is 15.2. The number of aromatic nitrogens is 1. The Morgan fingerprint density at radius 2 is 1.86 bits per heavy atom. The third kappa shape index (κ3) is 3.86. The molecule has 2 aromatic rings. The molecule has 5 heteroatoms. The molecule has 0 radical (unpaired) electrons. The van der Waals surface area contributed by atoms with E-state index in [0.29, 0.717) is 10.8 Å². The molecule has 0 saturated heterocycles. The molecule has 1 heterocycles. The number of nitrogens with zero attached hydrogens (tertiary/aromatic N) is 1. The fourth-order valence-corrected chi connectivity index (χ4v) is 2.52. The highest BCUT2D eigenvalue weighted by atomic mass is 32.2. The quantitative estimate of drug-likeness (QED) is 0.517. The first-order chi connectivity index (χ1) is 10.1. The summed E-state index contributed by atoms with van der Waals surface area (Å²) in [5, 5.41) is 9.85. The molecule has 1 N–H and O–H groups in total. The number of carboxylic acid groups (broad SMARTS) is 1. The Kier molecular flexibility index (Phi) is 5.00. The molecule has 0 atom stereocenters. The standard InChI is InChI=1S/C16H15NO3S/c1-11(20-2)15(16(18)19)21-14-10-6-9-13(17-14)12-7-4-3-5-8-12/h3-10H,1-2H3,(H,18,19). The number of pyridine rings is 1. The number of thioether (sulfide) groups is 1. The third-order valence-corrected chi connectivity index (χ3v) is 3.92. The lowest BCUT2D eigenvalue weighted by Crippen LogP contribution is -2.02. The molecular formula is C16H15NO3S. The van der Waals surface area contributed by atoms with Crippen LogP contribution < -0.4 is 0 Å². The predicted molar refractivity (Wildman–Crippen MR) is 82.9 cm³/mol. The highest BCUT2D eigenvalue weighted by Gasteiger charge is 2.15. The van der Waals surface area contributed by atoms with E-state index < -0.39 is 5.97 Å². The smallest absolute Gasteiger partial charge is 0.346 e. The second kappa shape index (κ2) is 6.95. The minimum atomic E-state index is -1.02. The second-order valence-corrected chi connectivity index (χ2v) is 5.25. The number of allylic oxidation sites excluding steroid dienone is 1. The first-order valence-electron chi connectivity index (χ1n) is 6.30. The lowest BCUT2D eigenvalue weighted by molar-refractivity contribution is -0.132. The number of carbonyl (C=O) groups is 1. The van der Waals surface area contributed by atoms with Crippen molar-refractivity contribution >= 4 is 17.7 Å². The summed E-state index contributed by atoms with van der Waals surface area (Å²) in [6, 6.07) is 15.3. The summed E-state index contributed by atoms with van der Waals surface area (Å²) < 4.78 is 5.01. The fraction of sp³-hybridized carbons (Fsp3) is 0.125. The van der Waals surface area contributed by atoms with Crippen LogP contribution in [-0.2, 0) is 9.53 Å². The number of methoxy groups -OCH3 is 1. The molecule has 0 saturated carbocycles. The molecule has 0 spiro atoms. The average molecular weight is 301 g/mol. The number of rotatable bonds is 5. The van der Waals surface area contributed by atoms with Crippen molar-refractivity contribution in [1.82, 2.24) is 4.98 Å². The van der Waals surface area contributed by atoms with Crippen LogP contribution >= 0.6 is 11.8 Å². The molecule has 0 aliphatic carbocycles. The number of hydrogen-bond donors (Lipinski definition) is 1. The van der Waals surface area contributed by atoms with Crippen LogP contribution in [0.15, 0.2) is 64.2 Å². The van der Waals surface area contributed by atoms with Gasteiger partial charge in [0.1, 0.15) is 15.7 Å². The Labute approximate surface area is 127 Å². The van der Waals surface area contributed by atoms with Crippen molar-refractivity contribution in [2.45, 2.75) is 11.9 Å². The molecule has 2 rings (SSSR count). The van der Waals surface area contributed by atoms with Gasteiger partial charge in [-0.05, 0) is 19.1 Å². The highest BCUT2D eigenvalue weighted by Crippen LogP contribution is 2.29. The van der Waals surface area contributed by atoms with E-state index in [9.17, 15) is 9.90 Å². The largest absolute Gasteiger partial charge is 0.500 e. The lowest BCUT2D eigenvalue weighted by atomic mass is 10.1. The molecule has 0 aliphatic rings. The molecule has 1 aromatic heterocycles. The van der Waals surface area contributed by atoms with E-state index in [4.69, 9.17) is 4.74 Å². The van der Waals surface area contributed by atoms with Gasteiger partial charge in [-0.2, -0.15) is 0 Å². The fourth-order valence-electron chi connectivity index (χ4n) is 1.70. The van der Waals surface area contributed by atoms with E-state index in [1.54, 1.807) is 13.0 Å². The Hall–Kier alpha value is -2.27. The topological polar surface area (TPSA) is 59.4 Å². The monoisotopic (exact) mass is 301 g/mol. The minimum Gasteiger partial charge on any atom is -0.500 e. The minimum absolute atomic E-state index is 0.134. The van der Waals surface area contributed by atoms with Gasteiger partial charge in [-0.1, -0.05) is 48.2 Å². The maximum Gasteiger partial charge on any atom is 0.346 e. The zero-order valence-corrected chi connectivity index (χ0v) is 12.6. The zero-order valence-electron chi connectivity index (χ0n) is 11.7. The van der Waals surface area contributed by atoms with Crippen LogP contribution in [0, 0.1) is 0 Å². The van der Waals surface area contributed by atoms with Crippen LogP contribution in [0.3, 0.4) is 0 Å². The normalized spacial score (nSPS) is 11.7. The van der Waals surface area contributed by atoms with Crippen LogP contribution in [0.1, 0.15) is 6.92 Å². The van der Waals surface area contributed by atoms with Crippen molar-refractivity contribution in [1.29, 1.82) is 0 Å². The van der Waals surface area contributed by atoms with Crippen LogP contribution in [0.4, 0.5) is 0 Å². The van der Waals surface area contributed by atoms with Crippen LogP contribution in [0.2, 0.25) is 0 Å². The molecule has 0 amide bonds. The van der Waals surface area contributed by atoms with Crippen molar-refractivity contribution < 1.29 is 14.6 Å². The molecule has 0 unspecified atom stereocenters. The maximum absolute atomic E-state index is 11.3. The molecule has 108 valence electrons. The Morgan fingerprint density at radius 1 is 1.14 bits per heavy atom. The summed E-state index contributed by atoms with van der Waals surface area (Å²) in [5.74, 6) is -0.661. The van der Waals surface area contributed by atoms with Gasteiger partial charge in [0.05, 0.1) is 12.8 Å². The molecule has 4 nitrogen and oxygen atoms in total. The van der Waals surface area contributed by atoms with E-state index in [2.05, 4.69) is 4.98 Å². The van der Waals surface area contributed by atoms with Crippen LogP contribution in [0.5, 0.6) is 0 Å². The van der Waals surface area contributed by atoms with E-state index in [1.165, 1.54) is 7.11 Å². The number of carboxylic acids is 1. The van der Waals surface area contributed by atoms with Crippen LogP contribution in [0.25, 0.3) is 11.3 Å². The van der Waals surface area contributed by atoms with Gasteiger partial charge in [0, 0.05) is 5.56 Å². The number of hydrogen-bond acceptors (Lipinski definition) is 4. The average Bonchev–Trinajstić information content (AvgIpc) is 2.53. The Morgan fingerprint density at radius 3 is 2.48 bits per heavy atom. The van der Waals surface area contributed by atoms with Crippen LogP contribution in [-0.4, -0.2) is 23.2 Å². The van der Waals surface area contributed by atoms with Gasteiger partial charge < -0.3 is 9.84 Å². The van der Waals surface area contributed by atoms with Crippen molar-refractivity contribution in [3.05, 3.63) is 59.2 Å². The summed E-state index contributed by atoms with van der Waals surface area (Å²) >= 11 is 1.08. The van der Waals surface area contributed by atoms with Gasteiger partial charge in [0.15, 0.2) is 0 Å². The van der Waals surface area contributed by atoms with Crippen molar-refractivity contribution in [3.63, 3.8) is 0 Å². The first-order valence-corrected chi connectivity index (χ1v) is 7.12. The van der Waals surface area contributed by atoms with Crippen molar-refractivity contribution in [3.8, 4) is 11.3 Å². The predicted octanol–water partition coefficient (Wildman–Crippen LogP) is 3.80. The first kappa shape index (κ1) is 15.1. The van der Waals surface area contributed by atoms with Gasteiger partial charge in [0.2, 0.25) is 0 Å². The Bertz CT molecular complexity index is 668. The number of ether oxygens (including phenoxy) is 1. The number of benzene rings is 1. The SMILES string of the molecule is COC(C)=C(Sc1cccc(-c2ccccc2)n1)C(=O)O. The summed E-state index contributed by atoms with van der Waals surface area (Å²) in [6.45, 7) is 1.62. The molecule has 21 heavy (non-hydrogen) atoms. The van der Waals surface area contributed by atoms with E-state index in [-0.39, 0.29) is 4.91 Å². The highest BCUT2D eigenvalue weighted by molar-refractivity contribution is 8.03. The summed E-state index contributed by atoms with van der Waals surface area (Å²) in [7, 11) is 1.45. The van der Waals surface area contributed by atoms with Crippen molar-refractivity contribution in [2.75, 3.05) is 7.11 Å². The van der Waals surface area contributed by atoms with E-state index in [0.717, 1.165) is 23.0 Å². The molecule has 1 aromatic carbocycles. The van der Waals surface area contributed by atoms with Gasteiger partial charge in [-0.15, -0.1) is 0 Å². The maximum atomic E-state index is 11.3. The summed E-state index contributed by atoms with van der Waals surface area (Å²) in [4.78, 5) is 15.9. The van der Waals surface area contributed by atoms with Gasteiger partial charge in [0.25, 0.3) is 0 Å². The number of aliphatic carboxylic acids is 1. The van der Waals surface area contributed by atoms with E-state index >= 15 is 0 Å². The summed E-state index contributed by atoms with van der Waals surface area (Å²) in [5.41, 5.74) is 1.80. The molecule has 0 fully saturated rings. The van der Waals surface area contributed by atoms with Gasteiger partial charge in [-0.25, -0.2) is 9.78 Å². The molecule has 0 bridgehead atoms. The second-order valence-electron chi connectivity index (χ2n) is 4.22. The van der Waals surface area contributed by atoms with Gasteiger partial charge in [-0.3, -0.25) is 0 Å². The van der Waals surface area contributed by atoms with E-state index in [1.807, 2.05) is 42.5 Å². The van der Waals surface area contributed by atoms with Gasteiger partial charge >= 0.3 is 5.97 Å². The molecular weight excluding hydrogens is 286 g/mol. The molecule has 0 aliphatic heterocycles.